The number of amides is 1. The fourth-order valence-corrected chi connectivity index (χ4v) is 3.38. The molecular formula is C15H16N2O5S. The molecule has 1 amide bonds. The second kappa shape index (κ2) is 5.71. The zero-order chi connectivity index (χ0) is 16.6. The van der Waals surface area contributed by atoms with Gasteiger partial charge in [-0.1, -0.05) is 0 Å². The number of ether oxygens (including phenoxy) is 1. The molecule has 0 spiro atoms. The van der Waals surface area contributed by atoms with Gasteiger partial charge in [0.05, 0.1) is 23.4 Å². The van der Waals surface area contributed by atoms with Crippen molar-refractivity contribution in [2.45, 2.75) is 24.5 Å². The predicted molar refractivity (Wildman–Crippen MR) is 82.5 cm³/mol. The minimum Gasteiger partial charge on any atom is -0.479 e. The molecule has 2 heterocycles. The summed E-state index contributed by atoms with van der Waals surface area (Å²) in [4.78, 5) is 11.6. The monoisotopic (exact) mass is 336 g/mol. The molecule has 0 radical (unpaired) electrons. The van der Waals surface area contributed by atoms with E-state index >= 15 is 0 Å². The molecule has 1 aromatic carbocycles. The van der Waals surface area contributed by atoms with E-state index in [1.807, 2.05) is 0 Å². The first-order valence-corrected chi connectivity index (χ1v) is 8.42. The molecule has 1 N–H and O–H groups in total. The maximum absolute atomic E-state index is 12.6. The highest BCUT2D eigenvalue weighted by Crippen LogP contribution is 2.32. The predicted octanol–water partition coefficient (Wildman–Crippen LogP) is 1.82. The summed E-state index contributed by atoms with van der Waals surface area (Å²) < 4.78 is 37.1. The number of carbonyl (C=O) groups is 1. The topological polar surface area (TPSA) is 88.8 Å². The lowest BCUT2D eigenvalue weighted by molar-refractivity contribution is -0.122. The maximum atomic E-state index is 12.6. The Bertz CT molecular complexity index is 830. The summed E-state index contributed by atoms with van der Waals surface area (Å²) in [6.07, 6.45) is 0.827. The van der Waals surface area contributed by atoms with Gasteiger partial charge in [-0.15, -0.1) is 0 Å². The van der Waals surface area contributed by atoms with Crippen molar-refractivity contribution in [3.8, 4) is 5.75 Å². The Morgan fingerprint density at radius 2 is 2.09 bits per heavy atom. The molecule has 1 aromatic heterocycles. The molecule has 8 heteroatoms. The van der Waals surface area contributed by atoms with Gasteiger partial charge in [0.25, 0.3) is 5.91 Å². The van der Waals surface area contributed by atoms with Gasteiger partial charge < -0.3 is 14.5 Å². The molecule has 7 nitrogen and oxygen atoms in total. The van der Waals surface area contributed by atoms with Gasteiger partial charge in [-0.2, -0.15) is 4.31 Å². The van der Waals surface area contributed by atoms with Crippen LogP contribution in [0.15, 0.2) is 45.9 Å². The highest BCUT2D eigenvalue weighted by Gasteiger charge is 2.27. The van der Waals surface area contributed by atoms with Crippen LogP contribution in [0.25, 0.3) is 0 Å². The number of rotatable bonds is 4. The van der Waals surface area contributed by atoms with E-state index in [1.165, 1.54) is 35.8 Å². The number of furan rings is 1. The second-order valence-electron chi connectivity index (χ2n) is 5.25. The standard InChI is InChI=1S/C15H16N2O5S/c1-10-15(18)16-13-6-5-12(8-14(13)22-10)23(19,20)17(2)9-11-4-3-7-21-11/h3-8,10H,9H2,1-2H3,(H,16,18)/t10-/m1/s1. The lowest BCUT2D eigenvalue weighted by Gasteiger charge is -2.24. The smallest absolute Gasteiger partial charge is 0.265 e. The molecule has 0 bridgehead atoms. The third-order valence-corrected chi connectivity index (χ3v) is 5.35. The van der Waals surface area contributed by atoms with Gasteiger partial charge in [-0.25, -0.2) is 8.42 Å². The SMILES string of the molecule is C[C@H]1Oc2cc(S(=O)(=O)N(C)Cc3ccco3)ccc2NC1=O. The summed E-state index contributed by atoms with van der Waals surface area (Å²) in [6, 6.07) is 7.78. The Morgan fingerprint density at radius 3 is 2.78 bits per heavy atom. The Kier molecular flexibility index (Phi) is 3.87. The van der Waals surface area contributed by atoms with Crippen molar-refractivity contribution < 1.29 is 22.4 Å². The second-order valence-corrected chi connectivity index (χ2v) is 7.29. The van der Waals surface area contributed by atoms with E-state index in [9.17, 15) is 13.2 Å². The van der Waals surface area contributed by atoms with Gasteiger partial charge in [-0.3, -0.25) is 4.79 Å². The number of fused-ring (bicyclic) bond motifs is 1. The first-order valence-electron chi connectivity index (χ1n) is 6.98. The van der Waals surface area contributed by atoms with Crippen LogP contribution in [0.3, 0.4) is 0 Å². The van der Waals surface area contributed by atoms with Gasteiger partial charge >= 0.3 is 0 Å². The first-order chi connectivity index (χ1) is 10.9. The molecule has 1 aliphatic heterocycles. The number of hydrogen-bond donors (Lipinski definition) is 1. The zero-order valence-electron chi connectivity index (χ0n) is 12.6. The summed E-state index contributed by atoms with van der Waals surface area (Å²) in [5, 5.41) is 2.67. The normalized spacial score (nSPS) is 17.5. The molecule has 3 rings (SSSR count). The first kappa shape index (κ1) is 15.6. The lowest BCUT2D eigenvalue weighted by atomic mass is 10.2. The molecule has 0 saturated carbocycles. The van der Waals surface area contributed by atoms with Crippen LogP contribution in [0.5, 0.6) is 5.75 Å². The molecule has 23 heavy (non-hydrogen) atoms. The van der Waals surface area contributed by atoms with Crippen LogP contribution in [-0.2, 0) is 21.4 Å². The van der Waals surface area contributed by atoms with E-state index in [4.69, 9.17) is 9.15 Å². The number of benzene rings is 1. The number of anilines is 1. The van der Waals surface area contributed by atoms with Crippen molar-refractivity contribution in [3.05, 3.63) is 42.4 Å². The molecule has 0 unspecified atom stereocenters. The average Bonchev–Trinajstić information content (AvgIpc) is 3.00. The van der Waals surface area contributed by atoms with E-state index in [0.29, 0.717) is 17.2 Å². The molecule has 2 aromatic rings. The molecule has 0 saturated heterocycles. The molecule has 122 valence electrons. The molecule has 1 aliphatic rings. The minimum absolute atomic E-state index is 0.0913. The lowest BCUT2D eigenvalue weighted by Crippen LogP contribution is -2.34. The van der Waals surface area contributed by atoms with Crippen molar-refractivity contribution in [2.75, 3.05) is 12.4 Å². The van der Waals surface area contributed by atoms with Crippen molar-refractivity contribution in [1.29, 1.82) is 0 Å². The minimum atomic E-state index is -3.70. The van der Waals surface area contributed by atoms with Gasteiger partial charge in [0.15, 0.2) is 6.10 Å². The highest BCUT2D eigenvalue weighted by atomic mass is 32.2. The Labute approximate surface area is 133 Å². The third-order valence-electron chi connectivity index (χ3n) is 3.55. The van der Waals surface area contributed by atoms with Crippen LogP contribution in [-0.4, -0.2) is 31.8 Å². The number of hydrogen-bond acceptors (Lipinski definition) is 5. The fraction of sp³-hybridized carbons (Fsp3) is 0.267. The van der Waals surface area contributed by atoms with Gasteiger partial charge in [0, 0.05) is 13.1 Å². The molecule has 0 aliphatic carbocycles. The van der Waals surface area contributed by atoms with E-state index in [1.54, 1.807) is 19.1 Å². The van der Waals surface area contributed by atoms with Gasteiger partial charge in [0.1, 0.15) is 11.5 Å². The number of sulfonamides is 1. The number of nitrogens with zero attached hydrogens (tertiary/aromatic N) is 1. The maximum Gasteiger partial charge on any atom is 0.265 e. The van der Waals surface area contributed by atoms with Crippen molar-refractivity contribution in [3.63, 3.8) is 0 Å². The Morgan fingerprint density at radius 1 is 1.30 bits per heavy atom. The third kappa shape index (κ3) is 2.95. The van der Waals surface area contributed by atoms with E-state index in [-0.39, 0.29) is 17.3 Å². The Balaban J connectivity index is 1.88. The average molecular weight is 336 g/mol. The Hall–Kier alpha value is -2.32. The summed E-state index contributed by atoms with van der Waals surface area (Å²) >= 11 is 0. The van der Waals surface area contributed by atoms with E-state index in [2.05, 4.69) is 5.32 Å². The number of carbonyl (C=O) groups excluding carboxylic acids is 1. The van der Waals surface area contributed by atoms with Crippen LogP contribution < -0.4 is 10.1 Å². The van der Waals surface area contributed by atoms with Crippen LogP contribution in [0, 0.1) is 0 Å². The summed E-state index contributed by atoms with van der Waals surface area (Å²) in [5.74, 6) is 0.624. The van der Waals surface area contributed by atoms with E-state index in [0.717, 1.165) is 0 Å². The summed E-state index contributed by atoms with van der Waals surface area (Å²) in [6.45, 7) is 1.73. The molecular weight excluding hydrogens is 320 g/mol. The van der Waals surface area contributed by atoms with Crippen LogP contribution in [0.1, 0.15) is 12.7 Å². The summed E-state index contributed by atoms with van der Waals surface area (Å²) in [5.41, 5.74) is 0.459. The molecule has 0 fully saturated rings. The molecule has 1 atom stereocenters. The van der Waals surface area contributed by atoms with E-state index < -0.39 is 16.1 Å². The van der Waals surface area contributed by atoms with Crippen molar-refractivity contribution >= 4 is 21.6 Å². The fourth-order valence-electron chi connectivity index (χ4n) is 2.23. The van der Waals surface area contributed by atoms with Crippen LogP contribution in [0.2, 0.25) is 0 Å². The zero-order valence-corrected chi connectivity index (χ0v) is 13.5. The van der Waals surface area contributed by atoms with Crippen LogP contribution in [0.4, 0.5) is 5.69 Å². The van der Waals surface area contributed by atoms with Crippen molar-refractivity contribution in [1.82, 2.24) is 4.31 Å². The number of nitrogens with one attached hydrogen (secondary N) is 1. The summed E-state index contributed by atoms with van der Waals surface area (Å²) in [7, 11) is -2.22. The largest absolute Gasteiger partial charge is 0.479 e. The van der Waals surface area contributed by atoms with Gasteiger partial charge in [-0.05, 0) is 31.2 Å². The van der Waals surface area contributed by atoms with Gasteiger partial charge in [0.2, 0.25) is 10.0 Å². The quantitative estimate of drug-likeness (QED) is 0.920. The van der Waals surface area contributed by atoms with Crippen LogP contribution >= 0.6 is 0 Å². The van der Waals surface area contributed by atoms with Crippen molar-refractivity contribution in [2.24, 2.45) is 0 Å². The highest BCUT2D eigenvalue weighted by molar-refractivity contribution is 7.89.